The fraction of sp³-hybridized carbons (Fsp3) is 0.350. The van der Waals surface area contributed by atoms with Crippen LogP contribution < -0.4 is 10.1 Å². The summed E-state index contributed by atoms with van der Waals surface area (Å²) in [5.41, 5.74) is 2.39. The second-order valence-corrected chi connectivity index (χ2v) is 6.06. The first-order valence-corrected chi connectivity index (χ1v) is 8.42. The van der Waals surface area contributed by atoms with E-state index in [1.54, 1.807) is 6.07 Å². The lowest BCUT2D eigenvalue weighted by atomic mass is 10.1. The zero-order chi connectivity index (χ0) is 16.8. The summed E-state index contributed by atoms with van der Waals surface area (Å²) in [4.78, 5) is 12.4. The van der Waals surface area contributed by atoms with Crippen molar-refractivity contribution in [3.63, 3.8) is 0 Å². The van der Waals surface area contributed by atoms with Gasteiger partial charge in [-0.2, -0.15) is 0 Å². The highest BCUT2D eigenvalue weighted by atomic mass is 16.5. The number of rotatable bonds is 5. The zero-order valence-corrected chi connectivity index (χ0v) is 14.0. The second kappa shape index (κ2) is 7.97. The summed E-state index contributed by atoms with van der Waals surface area (Å²) in [5.74, 6) is 0.461. The van der Waals surface area contributed by atoms with Crippen molar-refractivity contribution < 1.29 is 14.3 Å². The molecule has 126 valence electrons. The number of nitrogens with one attached hydrogen (secondary N) is 1. The van der Waals surface area contributed by atoms with E-state index in [0.29, 0.717) is 5.56 Å². The molecule has 4 nitrogen and oxygen atoms in total. The van der Waals surface area contributed by atoms with E-state index in [0.717, 1.165) is 42.8 Å². The van der Waals surface area contributed by atoms with Crippen molar-refractivity contribution in [2.24, 2.45) is 0 Å². The van der Waals surface area contributed by atoms with Gasteiger partial charge in [-0.1, -0.05) is 36.4 Å². The first-order valence-electron chi connectivity index (χ1n) is 8.42. The number of hydrogen-bond donors (Lipinski definition) is 1. The number of benzene rings is 2. The molecule has 3 rings (SSSR count). The van der Waals surface area contributed by atoms with Crippen molar-refractivity contribution in [1.82, 2.24) is 5.32 Å². The molecule has 1 aliphatic heterocycles. The van der Waals surface area contributed by atoms with E-state index in [1.165, 1.54) is 0 Å². The predicted molar refractivity (Wildman–Crippen MR) is 93.3 cm³/mol. The van der Waals surface area contributed by atoms with Gasteiger partial charge in [-0.3, -0.25) is 0 Å². The van der Waals surface area contributed by atoms with Gasteiger partial charge >= 0.3 is 5.97 Å². The van der Waals surface area contributed by atoms with Crippen LogP contribution >= 0.6 is 0 Å². The van der Waals surface area contributed by atoms with Crippen LogP contribution in [0.5, 0.6) is 5.75 Å². The van der Waals surface area contributed by atoms with Crippen LogP contribution in [0.2, 0.25) is 0 Å². The molecule has 0 aliphatic carbocycles. The highest BCUT2D eigenvalue weighted by molar-refractivity contribution is 5.91. The molecule has 0 saturated carbocycles. The average molecular weight is 325 g/mol. The van der Waals surface area contributed by atoms with Gasteiger partial charge in [-0.15, -0.1) is 0 Å². The van der Waals surface area contributed by atoms with E-state index in [1.807, 2.05) is 49.4 Å². The first-order chi connectivity index (χ1) is 11.7. The monoisotopic (exact) mass is 325 g/mol. The van der Waals surface area contributed by atoms with Crippen LogP contribution in [-0.2, 0) is 11.3 Å². The Kier molecular flexibility index (Phi) is 5.49. The maximum Gasteiger partial charge on any atom is 0.338 e. The van der Waals surface area contributed by atoms with Crippen LogP contribution in [0.15, 0.2) is 48.5 Å². The van der Waals surface area contributed by atoms with Crippen LogP contribution in [0, 0.1) is 6.92 Å². The Morgan fingerprint density at radius 2 is 1.83 bits per heavy atom. The summed E-state index contributed by atoms with van der Waals surface area (Å²) < 4.78 is 11.5. The van der Waals surface area contributed by atoms with E-state index in [4.69, 9.17) is 9.47 Å². The highest BCUT2D eigenvalue weighted by Crippen LogP contribution is 2.25. The summed E-state index contributed by atoms with van der Waals surface area (Å²) in [6.45, 7) is 4.14. The molecular weight excluding hydrogens is 302 g/mol. The van der Waals surface area contributed by atoms with Gasteiger partial charge in [-0.05, 0) is 50.6 Å². The fourth-order valence-corrected chi connectivity index (χ4v) is 2.86. The van der Waals surface area contributed by atoms with Crippen LogP contribution in [0.4, 0.5) is 0 Å². The molecule has 2 aromatic rings. The Morgan fingerprint density at radius 3 is 2.58 bits per heavy atom. The van der Waals surface area contributed by atoms with Crippen LogP contribution in [-0.4, -0.2) is 25.2 Å². The Balaban J connectivity index is 1.66. The summed E-state index contributed by atoms with van der Waals surface area (Å²) in [6.07, 6.45) is 2.19. The van der Waals surface area contributed by atoms with Gasteiger partial charge in [0.05, 0.1) is 5.56 Å². The molecule has 1 fully saturated rings. The molecule has 1 saturated heterocycles. The summed E-state index contributed by atoms with van der Waals surface area (Å²) in [5, 5.41) is 3.32. The van der Waals surface area contributed by atoms with Gasteiger partial charge in [0.15, 0.2) is 0 Å². The molecule has 1 heterocycles. The molecule has 0 spiro atoms. The van der Waals surface area contributed by atoms with Crippen molar-refractivity contribution in [3.8, 4) is 5.75 Å². The van der Waals surface area contributed by atoms with Crippen molar-refractivity contribution in [2.75, 3.05) is 13.1 Å². The van der Waals surface area contributed by atoms with Crippen molar-refractivity contribution >= 4 is 5.97 Å². The predicted octanol–water partition coefficient (Wildman–Crippen LogP) is 3.48. The third-order valence-electron chi connectivity index (χ3n) is 4.30. The van der Waals surface area contributed by atoms with Gasteiger partial charge in [-0.25, -0.2) is 4.79 Å². The van der Waals surface area contributed by atoms with E-state index in [9.17, 15) is 4.79 Å². The van der Waals surface area contributed by atoms with Crippen molar-refractivity contribution in [2.45, 2.75) is 32.5 Å². The second-order valence-electron chi connectivity index (χ2n) is 6.06. The smallest absolute Gasteiger partial charge is 0.338 e. The van der Waals surface area contributed by atoms with E-state index >= 15 is 0 Å². The fourth-order valence-electron chi connectivity index (χ4n) is 2.86. The molecule has 1 aliphatic rings. The SMILES string of the molecule is Cc1c(OC2CCNCC2)cccc1C(=O)OCc1ccccc1. The molecular formula is C20H23NO3. The third-order valence-corrected chi connectivity index (χ3v) is 4.30. The molecule has 24 heavy (non-hydrogen) atoms. The first kappa shape index (κ1) is 16.5. The number of esters is 1. The molecule has 0 atom stereocenters. The van der Waals surface area contributed by atoms with Crippen LogP contribution in [0.25, 0.3) is 0 Å². The Morgan fingerprint density at radius 1 is 1.08 bits per heavy atom. The normalized spacial score (nSPS) is 15.0. The third kappa shape index (κ3) is 4.15. The molecule has 0 amide bonds. The maximum atomic E-state index is 12.4. The Labute approximate surface area is 142 Å². The average Bonchev–Trinajstić information content (AvgIpc) is 2.63. The van der Waals surface area contributed by atoms with Crippen molar-refractivity contribution in [1.29, 1.82) is 0 Å². The van der Waals surface area contributed by atoms with Gasteiger partial charge < -0.3 is 14.8 Å². The van der Waals surface area contributed by atoms with Gasteiger partial charge in [0.25, 0.3) is 0 Å². The lowest BCUT2D eigenvalue weighted by molar-refractivity contribution is 0.0470. The van der Waals surface area contributed by atoms with Crippen molar-refractivity contribution in [3.05, 3.63) is 65.2 Å². The number of carbonyl (C=O) groups is 1. The summed E-state index contributed by atoms with van der Waals surface area (Å²) in [6, 6.07) is 15.3. The molecule has 2 aromatic carbocycles. The van der Waals surface area contributed by atoms with Crippen LogP contribution in [0.1, 0.15) is 34.3 Å². The standard InChI is InChI=1S/C20H23NO3/c1-15-18(20(22)23-14-16-6-3-2-4-7-16)8-5-9-19(15)24-17-10-12-21-13-11-17/h2-9,17,21H,10-14H2,1H3. The number of carbonyl (C=O) groups excluding carboxylic acids is 1. The highest BCUT2D eigenvalue weighted by Gasteiger charge is 2.18. The maximum absolute atomic E-state index is 12.4. The van der Waals surface area contributed by atoms with E-state index < -0.39 is 0 Å². The van der Waals surface area contributed by atoms with Gasteiger partial charge in [0, 0.05) is 5.56 Å². The quantitative estimate of drug-likeness (QED) is 0.855. The molecule has 0 aromatic heterocycles. The van der Waals surface area contributed by atoms with Crippen LogP contribution in [0.3, 0.4) is 0 Å². The molecule has 0 bridgehead atoms. The minimum atomic E-state index is -0.313. The topological polar surface area (TPSA) is 47.6 Å². The largest absolute Gasteiger partial charge is 0.490 e. The Hall–Kier alpha value is -2.33. The van der Waals surface area contributed by atoms with Gasteiger partial charge in [0.2, 0.25) is 0 Å². The van der Waals surface area contributed by atoms with E-state index in [-0.39, 0.29) is 18.7 Å². The lowest BCUT2D eigenvalue weighted by Gasteiger charge is -2.25. The van der Waals surface area contributed by atoms with E-state index in [2.05, 4.69) is 5.32 Å². The number of hydrogen-bond acceptors (Lipinski definition) is 4. The number of ether oxygens (including phenoxy) is 2. The minimum absolute atomic E-state index is 0.209. The summed E-state index contributed by atoms with van der Waals surface area (Å²) in [7, 11) is 0. The zero-order valence-electron chi connectivity index (χ0n) is 14.0. The minimum Gasteiger partial charge on any atom is -0.490 e. The lowest BCUT2D eigenvalue weighted by Crippen LogP contribution is -2.34. The molecule has 0 radical (unpaired) electrons. The molecule has 1 N–H and O–H groups in total. The van der Waals surface area contributed by atoms with Gasteiger partial charge in [0.1, 0.15) is 18.5 Å². The summed E-state index contributed by atoms with van der Waals surface area (Å²) >= 11 is 0. The number of piperidine rings is 1. The molecule has 0 unspecified atom stereocenters. The Bertz CT molecular complexity index is 679. The molecule has 4 heteroatoms.